The topological polar surface area (TPSA) is 51.2 Å². The van der Waals surface area contributed by atoms with Crippen LogP contribution in [-0.2, 0) is 22.3 Å². The molecule has 1 aromatic carbocycles. The van der Waals surface area contributed by atoms with E-state index in [0.717, 1.165) is 44.9 Å². The Bertz CT molecular complexity index is 810. The van der Waals surface area contributed by atoms with Gasteiger partial charge in [0.15, 0.2) is 0 Å². The maximum Gasteiger partial charge on any atom is 0.410 e. The Kier molecular flexibility index (Phi) is 5.64. The normalized spacial score (nSPS) is 20.0. The number of fused-ring (bicyclic) bond motifs is 2. The second-order valence-electron chi connectivity index (χ2n) is 10.2. The number of methoxy groups -OCH3 is 1. The number of nitrogens with zero attached hydrogens (tertiary/aromatic N) is 2. The lowest BCUT2D eigenvalue weighted by Gasteiger charge is -2.36. The average Bonchev–Trinajstić information content (AvgIpc) is 3.44. The van der Waals surface area contributed by atoms with Crippen LogP contribution in [0.1, 0.15) is 50.3 Å². The molecule has 4 rings (SSSR count). The van der Waals surface area contributed by atoms with Crippen molar-refractivity contribution in [3.8, 4) is 5.75 Å². The van der Waals surface area contributed by atoms with Gasteiger partial charge in [0.25, 0.3) is 0 Å². The van der Waals surface area contributed by atoms with E-state index in [4.69, 9.17) is 14.2 Å². The molecule has 0 atom stereocenters. The number of carbonyl (C=O) groups excluding carboxylic acids is 1. The van der Waals surface area contributed by atoms with Gasteiger partial charge in [0, 0.05) is 32.2 Å². The zero-order valence-electron chi connectivity index (χ0n) is 19.2. The maximum atomic E-state index is 12.6. The van der Waals surface area contributed by atoms with Gasteiger partial charge in [-0.1, -0.05) is 0 Å². The molecule has 6 nitrogen and oxygen atoms in total. The summed E-state index contributed by atoms with van der Waals surface area (Å²) in [6.45, 7) is 12.8. The third-order valence-corrected chi connectivity index (χ3v) is 6.54. The van der Waals surface area contributed by atoms with E-state index in [2.05, 4.69) is 17.9 Å². The van der Waals surface area contributed by atoms with Crippen molar-refractivity contribution in [1.29, 1.82) is 0 Å². The van der Waals surface area contributed by atoms with E-state index < -0.39 is 5.60 Å². The predicted octanol–water partition coefficient (Wildman–Crippen LogP) is 3.96. The molecule has 1 amide bonds. The van der Waals surface area contributed by atoms with Crippen molar-refractivity contribution >= 4 is 11.8 Å². The summed E-state index contributed by atoms with van der Waals surface area (Å²) in [7, 11) is 1.80. The van der Waals surface area contributed by atoms with Crippen LogP contribution >= 0.6 is 0 Å². The Hall–Kier alpha value is -1.95. The average molecular weight is 417 g/mol. The van der Waals surface area contributed by atoms with Crippen molar-refractivity contribution < 1.29 is 19.0 Å². The molecule has 2 heterocycles. The molecular weight excluding hydrogens is 380 g/mol. The summed E-state index contributed by atoms with van der Waals surface area (Å²) in [6, 6.07) is 2.22. The Morgan fingerprint density at radius 1 is 1.20 bits per heavy atom. The molecule has 0 bridgehead atoms. The fourth-order valence-electron chi connectivity index (χ4n) is 4.85. The quantitative estimate of drug-likeness (QED) is 0.744. The van der Waals surface area contributed by atoms with Gasteiger partial charge in [0.05, 0.1) is 18.8 Å². The summed E-state index contributed by atoms with van der Waals surface area (Å²) in [4.78, 5) is 17.0. The van der Waals surface area contributed by atoms with Gasteiger partial charge in [-0.15, -0.1) is 0 Å². The highest BCUT2D eigenvalue weighted by molar-refractivity contribution is 5.71. The van der Waals surface area contributed by atoms with Crippen molar-refractivity contribution in [1.82, 2.24) is 4.90 Å². The van der Waals surface area contributed by atoms with Gasteiger partial charge in [-0.05, 0) is 76.1 Å². The number of hydrogen-bond donors (Lipinski definition) is 0. The molecule has 1 aromatic rings. The number of carbonyl (C=O) groups is 1. The van der Waals surface area contributed by atoms with Gasteiger partial charge >= 0.3 is 6.09 Å². The van der Waals surface area contributed by atoms with Crippen LogP contribution in [0.25, 0.3) is 0 Å². The number of amides is 1. The van der Waals surface area contributed by atoms with Crippen LogP contribution in [0, 0.1) is 12.3 Å². The van der Waals surface area contributed by atoms with Gasteiger partial charge in [-0.25, -0.2) is 4.79 Å². The van der Waals surface area contributed by atoms with Gasteiger partial charge in [-0.3, -0.25) is 0 Å². The second-order valence-corrected chi connectivity index (χ2v) is 10.2. The lowest BCUT2D eigenvalue weighted by molar-refractivity contribution is 0.0258. The van der Waals surface area contributed by atoms with E-state index in [1.807, 2.05) is 25.7 Å². The molecule has 3 aliphatic rings. The fraction of sp³-hybridized carbons (Fsp3) is 0.708. The molecule has 166 valence electrons. The van der Waals surface area contributed by atoms with Crippen molar-refractivity contribution in [3.63, 3.8) is 0 Å². The lowest BCUT2D eigenvalue weighted by atomic mass is 9.94. The first-order valence-electron chi connectivity index (χ1n) is 11.2. The molecule has 1 aliphatic carbocycles. The third-order valence-electron chi connectivity index (χ3n) is 6.54. The number of rotatable bonds is 4. The number of hydrogen-bond acceptors (Lipinski definition) is 5. The van der Waals surface area contributed by atoms with Gasteiger partial charge in [-0.2, -0.15) is 0 Å². The molecule has 0 spiro atoms. The van der Waals surface area contributed by atoms with Crippen LogP contribution < -0.4 is 9.64 Å². The molecule has 0 aromatic heterocycles. The Labute approximate surface area is 180 Å². The Balaban J connectivity index is 1.56. The minimum atomic E-state index is -0.472. The first kappa shape index (κ1) is 21.3. The van der Waals surface area contributed by atoms with Crippen LogP contribution in [0.4, 0.5) is 10.5 Å². The largest absolute Gasteiger partial charge is 0.490 e. The molecule has 30 heavy (non-hydrogen) atoms. The van der Waals surface area contributed by atoms with Crippen molar-refractivity contribution in [2.24, 2.45) is 5.41 Å². The standard InChI is InChI=1S/C24H36N2O4/c1-17-19-7-11-25(22(27)30-23(2,3)4)10-6-18(19)14-20-21(17)26(12-13-29-20)15-24(8-9-24)16-28-5/h14H,6-13,15-16H2,1-5H3. The zero-order valence-corrected chi connectivity index (χ0v) is 19.2. The fourth-order valence-corrected chi connectivity index (χ4v) is 4.85. The minimum Gasteiger partial charge on any atom is -0.490 e. The maximum absolute atomic E-state index is 12.6. The zero-order chi connectivity index (χ0) is 21.5. The van der Waals surface area contributed by atoms with E-state index in [1.54, 1.807) is 7.11 Å². The summed E-state index contributed by atoms with van der Waals surface area (Å²) in [5.74, 6) is 0.997. The molecule has 2 aliphatic heterocycles. The summed E-state index contributed by atoms with van der Waals surface area (Å²) in [5.41, 5.74) is 5.05. The summed E-state index contributed by atoms with van der Waals surface area (Å²) < 4.78 is 17.2. The molecule has 0 unspecified atom stereocenters. The SMILES string of the molecule is COCC1(CN2CCOc3cc4c(c(C)c32)CCN(C(=O)OC(C)(C)C)CC4)CC1. The van der Waals surface area contributed by atoms with E-state index in [0.29, 0.717) is 18.5 Å². The molecule has 0 N–H and O–H groups in total. The van der Waals surface area contributed by atoms with Crippen LogP contribution in [0.3, 0.4) is 0 Å². The first-order chi connectivity index (χ1) is 14.2. The Morgan fingerprint density at radius 3 is 2.60 bits per heavy atom. The molecular formula is C24H36N2O4. The molecule has 0 saturated heterocycles. The van der Waals surface area contributed by atoms with E-state index in [-0.39, 0.29) is 6.09 Å². The van der Waals surface area contributed by atoms with Crippen molar-refractivity contribution in [3.05, 3.63) is 22.8 Å². The minimum absolute atomic E-state index is 0.217. The van der Waals surface area contributed by atoms with Crippen LogP contribution in [-0.4, -0.2) is 63.1 Å². The summed E-state index contributed by atoms with van der Waals surface area (Å²) >= 11 is 0. The number of benzene rings is 1. The molecule has 0 radical (unpaired) electrons. The van der Waals surface area contributed by atoms with E-state index in [9.17, 15) is 4.79 Å². The predicted molar refractivity (Wildman–Crippen MR) is 118 cm³/mol. The highest BCUT2D eigenvalue weighted by Gasteiger charge is 2.45. The lowest BCUT2D eigenvalue weighted by Crippen LogP contribution is -2.39. The first-order valence-corrected chi connectivity index (χ1v) is 11.2. The highest BCUT2D eigenvalue weighted by Crippen LogP contribution is 2.49. The van der Waals surface area contributed by atoms with Gasteiger partial charge in [0.1, 0.15) is 18.0 Å². The molecule has 1 saturated carbocycles. The second kappa shape index (κ2) is 7.95. The van der Waals surface area contributed by atoms with E-state index in [1.165, 1.54) is 35.2 Å². The number of ether oxygens (including phenoxy) is 3. The smallest absolute Gasteiger partial charge is 0.410 e. The van der Waals surface area contributed by atoms with Crippen LogP contribution in [0.2, 0.25) is 0 Å². The summed E-state index contributed by atoms with van der Waals surface area (Å²) in [5, 5.41) is 0. The molecule has 6 heteroatoms. The Morgan fingerprint density at radius 2 is 1.93 bits per heavy atom. The van der Waals surface area contributed by atoms with Gasteiger partial charge < -0.3 is 24.0 Å². The van der Waals surface area contributed by atoms with Crippen molar-refractivity contribution in [2.45, 2.75) is 59.0 Å². The third kappa shape index (κ3) is 4.39. The van der Waals surface area contributed by atoms with Gasteiger partial charge in [0.2, 0.25) is 0 Å². The van der Waals surface area contributed by atoms with Crippen LogP contribution in [0.15, 0.2) is 6.07 Å². The number of anilines is 1. The van der Waals surface area contributed by atoms with Crippen LogP contribution in [0.5, 0.6) is 5.75 Å². The monoisotopic (exact) mass is 416 g/mol. The van der Waals surface area contributed by atoms with E-state index >= 15 is 0 Å². The highest BCUT2D eigenvalue weighted by atomic mass is 16.6. The van der Waals surface area contributed by atoms with Crippen molar-refractivity contribution in [2.75, 3.05) is 51.4 Å². The molecule has 1 fully saturated rings. The summed E-state index contributed by atoms with van der Waals surface area (Å²) in [6.07, 6.45) is 3.95.